The zero-order valence-electron chi connectivity index (χ0n) is 10.4. The first-order valence-corrected chi connectivity index (χ1v) is 7.47. The molecule has 0 spiro atoms. The molecule has 0 saturated heterocycles. The van der Waals surface area contributed by atoms with E-state index >= 15 is 0 Å². The fraction of sp³-hybridized carbons (Fsp3) is 0.786. The molecule has 94 valence electrons. The zero-order chi connectivity index (χ0) is 11.7. The van der Waals surface area contributed by atoms with E-state index in [9.17, 15) is 0 Å². The molecule has 0 aliphatic heterocycles. The summed E-state index contributed by atoms with van der Waals surface area (Å²) in [7, 11) is 0. The first-order chi connectivity index (χ1) is 8.34. The van der Waals surface area contributed by atoms with Gasteiger partial charge in [0.25, 0.3) is 0 Å². The second-order valence-corrected chi connectivity index (χ2v) is 6.00. The van der Waals surface area contributed by atoms with E-state index in [0.29, 0.717) is 12.0 Å². The van der Waals surface area contributed by atoms with Gasteiger partial charge in [-0.25, -0.2) is 0 Å². The van der Waals surface area contributed by atoms with Crippen molar-refractivity contribution in [3.63, 3.8) is 0 Å². The quantitative estimate of drug-likeness (QED) is 0.746. The van der Waals surface area contributed by atoms with Crippen LogP contribution >= 0.6 is 11.6 Å². The van der Waals surface area contributed by atoms with Crippen LogP contribution in [0.5, 0.6) is 0 Å². The molecule has 1 heterocycles. The summed E-state index contributed by atoms with van der Waals surface area (Å²) in [6.07, 6.45) is 11.9. The van der Waals surface area contributed by atoms with Crippen LogP contribution in [0.1, 0.15) is 75.4 Å². The lowest BCUT2D eigenvalue weighted by atomic mass is 9.96. The van der Waals surface area contributed by atoms with E-state index in [1.54, 1.807) is 0 Å². The van der Waals surface area contributed by atoms with E-state index in [4.69, 9.17) is 16.7 Å². The van der Waals surface area contributed by atoms with Gasteiger partial charge in [-0.05, 0) is 31.7 Å². The topological polar surface area (TPSA) is 17.8 Å². The molecule has 0 aromatic carbocycles. The van der Waals surface area contributed by atoms with Gasteiger partial charge in [0.1, 0.15) is 5.15 Å². The minimum absolute atomic E-state index is 0.561. The third-order valence-electron chi connectivity index (χ3n) is 4.40. The average Bonchev–Trinajstić information content (AvgIpc) is 2.99. The van der Waals surface area contributed by atoms with Crippen molar-refractivity contribution in [1.29, 1.82) is 0 Å². The fourth-order valence-electron chi connectivity index (χ4n) is 3.39. The highest BCUT2D eigenvalue weighted by atomic mass is 35.5. The Balaban J connectivity index is 1.79. The van der Waals surface area contributed by atoms with Crippen LogP contribution < -0.4 is 0 Å². The smallest absolute Gasteiger partial charge is 0.127 e. The number of nitrogens with zero attached hydrogens (tertiary/aromatic N) is 2. The maximum Gasteiger partial charge on any atom is 0.127 e. The van der Waals surface area contributed by atoms with E-state index in [1.807, 2.05) is 0 Å². The molecule has 0 unspecified atom stereocenters. The van der Waals surface area contributed by atoms with Crippen molar-refractivity contribution in [2.24, 2.45) is 0 Å². The van der Waals surface area contributed by atoms with Gasteiger partial charge in [-0.1, -0.05) is 43.7 Å². The molecule has 0 radical (unpaired) electrons. The van der Waals surface area contributed by atoms with Gasteiger partial charge in [0.05, 0.1) is 11.7 Å². The molecule has 1 aromatic heterocycles. The Labute approximate surface area is 108 Å². The van der Waals surface area contributed by atoms with Crippen molar-refractivity contribution >= 4 is 11.6 Å². The van der Waals surface area contributed by atoms with Gasteiger partial charge in [-0.3, -0.25) is 4.68 Å². The van der Waals surface area contributed by atoms with E-state index in [-0.39, 0.29) is 0 Å². The summed E-state index contributed by atoms with van der Waals surface area (Å²) in [6, 6.07) is 2.68. The summed E-state index contributed by atoms with van der Waals surface area (Å²) in [5, 5.41) is 5.66. The summed E-state index contributed by atoms with van der Waals surface area (Å²) in [6.45, 7) is 0. The monoisotopic (exact) mass is 252 g/mol. The largest absolute Gasteiger partial charge is 0.251 e. The second-order valence-electron chi connectivity index (χ2n) is 5.61. The minimum Gasteiger partial charge on any atom is -0.251 e. The molecule has 2 aliphatic carbocycles. The van der Waals surface area contributed by atoms with E-state index in [1.165, 1.54) is 63.5 Å². The molecule has 1 aromatic rings. The molecule has 2 aliphatic rings. The molecule has 2 fully saturated rings. The first-order valence-electron chi connectivity index (χ1n) is 7.09. The van der Waals surface area contributed by atoms with Crippen molar-refractivity contribution in [1.82, 2.24) is 9.78 Å². The van der Waals surface area contributed by atoms with Crippen LogP contribution in [0, 0.1) is 0 Å². The molecular weight excluding hydrogens is 232 g/mol. The molecule has 17 heavy (non-hydrogen) atoms. The van der Waals surface area contributed by atoms with E-state index in [0.717, 1.165) is 5.15 Å². The molecule has 3 rings (SSSR count). The number of hydrogen-bond acceptors (Lipinski definition) is 1. The van der Waals surface area contributed by atoms with Crippen LogP contribution in [0.3, 0.4) is 0 Å². The maximum atomic E-state index is 6.36. The first kappa shape index (κ1) is 11.6. The Bertz CT molecular complexity index is 374. The number of hydrogen-bond donors (Lipinski definition) is 0. The standard InChI is InChI=1S/C14H21ClN2/c15-14-10-13(11-6-4-5-7-11)16-17(14)12-8-2-1-3-9-12/h10-12H,1-9H2. The molecule has 0 amide bonds. The highest BCUT2D eigenvalue weighted by molar-refractivity contribution is 6.29. The lowest BCUT2D eigenvalue weighted by Crippen LogP contribution is -2.14. The second kappa shape index (κ2) is 5.01. The summed E-state index contributed by atoms with van der Waals surface area (Å²) in [5.41, 5.74) is 1.25. The molecular formula is C14H21ClN2. The van der Waals surface area contributed by atoms with Gasteiger partial charge in [-0.15, -0.1) is 0 Å². The van der Waals surface area contributed by atoms with Crippen molar-refractivity contribution in [3.05, 3.63) is 16.9 Å². The van der Waals surface area contributed by atoms with Gasteiger partial charge in [-0.2, -0.15) is 5.10 Å². The van der Waals surface area contributed by atoms with Crippen LogP contribution in [0.2, 0.25) is 5.15 Å². The zero-order valence-corrected chi connectivity index (χ0v) is 11.1. The number of rotatable bonds is 2. The Morgan fingerprint density at radius 2 is 1.65 bits per heavy atom. The van der Waals surface area contributed by atoms with Gasteiger partial charge < -0.3 is 0 Å². The highest BCUT2D eigenvalue weighted by Gasteiger charge is 2.24. The molecule has 0 atom stereocenters. The van der Waals surface area contributed by atoms with Crippen LogP contribution in [0.4, 0.5) is 0 Å². The normalized spacial score (nSPS) is 23.4. The Hall–Kier alpha value is -0.500. The van der Waals surface area contributed by atoms with Crippen LogP contribution in [-0.2, 0) is 0 Å². The number of aromatic nitrogens is 2. The predicted octanol–water partition coefficient (Wildman–Crippen LogP) is 4.70. The van der Waals surface area contributed by atoms with Crippen LogP contribution in [0.25, 0.3) is 0 Å². The molecule has 3 heteroatoms. The Morgan fingerprint density at radius 3 is 2.35 bits per heavy atom. The highest BCUT2D eigenvalue weighted by Crippen LogP contribution is 2.36. The number of halogens is 1. The third-order valence-corrected chi connectivity index (χ3v) is 4.69. The van der Waals surface area contributed by atoms with Crippen LogP contribution in [0.15, 0.2) is 6.07 Å². The molecule has 0 N–H and O–H groups in total. The predicted molar refractivity (Wildman–Crippen MR) is 70.6 cm³/mol. The summed E-state index contributed by atoms with van der Waals surface area (Å²) in [4.78, 5) is 0. The average molecular weight is 253 g/mol. The molecule has 0 bridgehead atoms. The SMILES string of the molecule is Clc1cc(C2CCCC2)nn1C1CCCCC1. The van der Waals surface area contributed by atoms with Crippen molar-refractivity contribution < 1.29 is 0 Å². The fourth-order valence-corrected chi connectivity index (χ4v) is 3.68. The lowest BCUT2D eigenvalue weighted by molar-refractivity contribution is 0.327. The van der Waals surface area contributed by atoms with Crippen molar-refractivity contribution in [2.75, 3.05) is 0 Å². The summed E-state index contributed by atoms with van der Waals surface area (Å²) >= 11 is 6.36. The van der Waals surface area contributed by atoms with Gasteiger partial charge in [0.2, 0.25) is 0 Å². The van der Waals surface area contributed by atoms with Crippen molar-refractivity contribution in [2.45, 2.75) is 69.7 Å². The maximum absolute atomic E-state index is 6.36. The lowest BCUT2D eigenvalue weighted by Gasteiger charge is -2.22. The van der Waals surface area contributed by atoms with Gasteiger partial charge in [0.15, 0.2) is 0 Å². The van der Waals surface area contributed by atoms with Crippen molar-refractivity contribution in [3.8, 4) is 0 Å². The Morgan fingerprint density at radius 1 is 1.00 bits per heavy atom. The minimum atomic E-state index is 0.561. The Kier molecular flexibility index (Phi) is 3.41. The third kappa shape index (κ3) is 2.37. The van der Waals surface area contributed by atoms with Crippen LogP contribution in [-0.4, -0.2) is 9.78 Å². The van der Waals surface area contributed by atoms with E-state index < -0.39 is 0 Å². The molecule has 2 nitrogen and oxygen atoms in total. The summed E-state index contributed by atoms with van der Waals surface area (Å²) < 4.78 is 2.11. The molecule has 2 saturated carbocycles. The van der Waals surface area contributed by atoms with Gasteiger partial charge >= 0.3 is 0 Å². The van der Waals surface area contributed by atoms with E-state index in [2.05, 4.69) is 10.7 Å². The summed E-state index contributed by atoms with van der Waals surface area (Å²) in [5.74, 6) is 0.678. The van der Waals surface area contributed by atoms with Gasteiger partial charge in [0, 0.05) is 5.92 Å².